The van der Waals surface area contributed by atoms with E-state index >= 15 is 0 Å². The minimum Gasteiger partial charge on any atom is -0.390 e. The third-order valence-corrected chi connectivity index (χ3v) is 4.14. The van der Waals surface area contributed by atoms with E-state index in [9.17, 15) is 18.3 Å². The highest BCUT2D eigenvalue weighted by molar-refractivity contribution is 7.92. The molecule has 0 aliphatic heterocycles. The Labute approximate surface area is 121 Å². The number of hydrogen-bond acceptors (Lipinski definition) is 5. The molecular formula is C12H16N4O4S. The van der Waals surface area contributed by atoms with Crippen LogP contribution < -0.4 is 10.3 Å². The third-order valence-electron chi connectivity index (χ3n) is 2.82. The van der Waals surface area contributed by atoms with Gasteiger partial charge in [-0.3, -0.25) is 9.52 Å². The van der Waals surface area contributed by atoms with Gasteiger partial charge in [0.2, 0.25) is 0 Å². The van der Waals surface area contributed by atoms with Crippen LogP contribution in [-0.2, 0) is 23.2 Å². The lowest BCUT2D eigenvalue weighted by molar-refractivity contribution is 0.270. The Kier molecular flexibility index (Phi) is 4.43. The molecule has 0 radical (unpaired) electrons. The zero-order valence-electron chi connectivity index (χ0n) is 11.4. The van der Waals surface area contributed by atoms with E-state index in [4.69, 9.17) is 0 Å². The summed E-state index contributed by atoms with van der Waals surface area (Å²) < 4.78 is 28.4. The molecule has 0 atom stereocenters. The van der Waals surface area contributed by atoms with Gasteiger partial charge in [0.1, 0.15) is 4.90 Å². The van der Waals surface area contributed by atoms with Crippen molar-refractivity contribution >= 4 is 15.8 Å². The Morgan fingerprint density at radius 1 is 1.43 bits per heavy atom. The van der Waals surface area contributed by atoms with E-state index < -0.39 is 15.6 Å². The summed E-state index contributed by atoms with van der Waals surface area (Å²) in [5, 5.41) is 15.0. The van der Waals surface area contributed by atoms with Crippen LogP contribution in [0.1, 0.15) is 19.0 Å². The van der Waals surface area contributed by atoms with E-state index in [0.29, 0.717) is 12.2 Å². The number of aryl methyl sites for hydroxylation is 1. The zero-order valence-corrected chi connectivity index (χ0v) is 12.2. The molecule has 0 fully saturated rings. The lowest BCUT2D eigenvalue weighted by Crippen LogP contribution is -2.16. The van der Waals surface area contributed by atoms with Crippen molar-refractivity contribution in [1.82, 2.24) is 14.8 Å². The first-order valence-corrected chi connectivity index (χ1v) is 7.83. The number of aromatic amines is 1. The van der Waals surface area contributed by atoms with Crippen molar-refractivity contribution in [2.75, 3.05) is 4.72 Å². The zero-order chi connectivity index (χ0) is 15.5. The fourth-order valence-electron chi connectivity index (χ4n) is 1.85. The van der Waals surface area contributed by atoms with Crippen LogP contribution in [0.15, 0.2) is 34.1 Å². The van der Waals surface area contributed by atoms with Crippen LogP contribution in [0.3, 0.4) is 0 Å². The molecule has 0 aliphatic carbocycles. The van der Waals surface area contributed by atoms with Crippen LogP contribution in [-0.4, -0.2) is 28.3 Å². The molecule has 3 N–H and O–H groups in total. The van der Waals surface area contributed by atoms with Crippen molar-refractivity contribution in [3.63, 3.8) is 0 Å². The van der Waals surface area contributed by atoms with Gasteiger partial charge in [-0.1, -0.05) is 6.92 Å². The number of H-pyrrole nitrogens is 1. The first kappa shape index (κ1) is 15.3. The lowest BCUT2D eigenvalue weighted by atomic mass is 10.4. The number of sulfonamides is 1. The largest absolute Gasteiger partial charge is 0.390 e. The first-order chi connectivity index (χ1) is 9.96. The summed E-state index contributed by atoms with van der Waals surface area (Å²) in [6, 6.07) is 3.85. The molecule has 0 amide bonds. The topological polar surface area (TPSA) is 117 Å². The van der Waals surface area contributed by atoms with Crippen LogP contribution in [0.5, 0.6) is 0 Å². The summed E-state index contributed by atoms with van der Waals surface area (Å²) in [6.07, 6.45) is 2.28. The van der Waals surface area contributed by atoms with Gasteiger partial charge in [-0.15, -0.1) is 0 Å². The molecule has 114 valence electrons. The number of hydrogen-bond donors (Lipinski definition) is 3. The fourth-order valence-corrected chi connectivity index (χ4v) is 2.92. The highest BCUT2D eigenvalue weighted by Crippen LogP contribution is 2.17. The number of aromatic nitrogens is 3. The number of rotatable bonds is 6. The maximum absolute atomic E-state index is 12.2. The summed E-state index contributed by atoms with van der Waals surface area (Å²) >= 11 is 0. The molecule has 0 aliphatic rings. The highest BCUT2D eigenvalue weighted by atomic mass is 32.2. The Hall–Kier alpha value is -2.13. The number of aliphatic hydroxyl groups excluding tert-OH is 1. The minimum atomic E-state index is -3.82. The summed E-state index contributed by atoms with van der Waals surface area (Å²) in [4.78, 5) is 10.9. The quantitative estimate of drug-likeness (QED) is 0.708. The van der Waals surface area contributed by atoms with E-state index in [1.54, 1.807) is 4.57 Å². The second kappa shape index (κ2) is 6.10. The summed E-state index contributed by atoms with van der Waals surface area (Å²) in [6.45, 7) is 2.33. The van der Waals surface area contributed by atoms with Gasteiger partial charge in [-0.2, -0.15) is 5.10 Å². The maximum atomic E-state index is 12.2. The predicted molar refractivity (Wildman–Crippen MR) is 76.3 cm³/mol. The van der Waals surface area contributed by atoms with Gasteiger partial charge in [0.25, 0.3) is 15.6 Å². The molecular weight excluding hydrogens is 296 g/mol. The van der Waals surface area contributed by atoms with Crippen molar-refractivity contribution in [2.45, 2.75) is 31.4 Å². The molecule has 0 saturated heterocycles. The van der Waals surface area contributed by atoms with Crippen molar-refractivity contribution in [1.29, 1.82) is 0 Å². The van der Waals surface area contributed by atoms with Crippen LogP contribution >= 0.6 is 0 Å². The van der Waals surface area contributed by atoms with Gasteiger partial charge < -0.3 is 9.67 Å². The van der Waals surface area contributed by atoms with Crippen molar-refractivity contribution in [2.24, 2.45) is 0 Å². The van der Waals surface area contributed by atoms with Gasteiger partial charge >= 0.3 is 0 Å². The minimum absolute atomic E-state index is 0.0170. The second-order valence-electron chi connectivity index (χ2n) is 4.43. The van der Waals surface area contributed by atoms with Crippen LogP contribution in [0.25, 0.3) is 0 Å². The molecule has 8 nitrogen and oxygen atoms in total. The van der Waals surface area contributed by atoms with Gasteiger partial charge in [0, 0.05) is 24.5 Å². The molecule has 9 heteroatoms. The van der Waals surface area contributed by atoms with Gasteiger partial charge in [0.05, 0.1) is 6.61 Å². The first-order valence-electron chi connectivity index (χ1n) is 6.34. The Bertz CT molecular complexity index is 758. The van der Waals surface area contributed by atoms with E-state index in [0.717, 1.165) is 6.42 Å². The normalized spacial score (nSPS) is 11.5. The van der Waals surface area contributed by atoms with Crippen molar-refractivity contribution in [3.05, 3.63) is 40.4 Å². The molecule has 2 aromatic heterocycles. The third kappa shape index (κ3) is 3.50. The molecule has 2 heterocycles. The monoisotopic (exact) mass is 312 g/mol. The van der Waals surface area contributed by atoms with Crippen molar-refractivity contribution in [3.8, 4) is 0 Å². The molecule has 21 heavy (non-hydrogen) atoms. The average molecular weight is 312 g/mol. The Morgan fingerprint density at radius 3 is 2.76 bits per heavy atom. The summed E-state index contributed by atoms with van der Waals surface area (Å²) in [5.74, 6) is 0.0170. The molecule has 0 saturated carbocycles. The number of aliphatic hydroxyl groups is 1. The van der Waals surface area contributed by atoms with Crippen LogP contribution in [0.4, 0.5) is 5.82 Å². The molecule has 2 rings (SSSR count). The predicted octanol–water partition coefficient (Wildman–Crippen LogP) is 0.274. The van der Waals surface area contributed by atoms with Crippen molar-refractivity contribution < 1.29 is 13.5 Å². The number of anilines is 1. The van der Waals surface area contributed by atoms with E-state index in [1.807, 2.05) is 6.92 Å². The Balaban J connectivity index is 2.30. The standard InChI is InChI=1S/C12H16N4O4S/c1-2-5-16-7-10(6-9(16)8-17)21(19,20)15-11-3-4-12(18)14-13-11/h3-4,6-7,17H,2,5,8H2,1H3,(H,13,15)(H,14,18). The van der Waals surface area contributed by atoms with E-state index in [2.05, 4.69) is 14.9 Å². The van der Waals surface area contributed by atoms with Gasteiger partial charge in [-0.25, -0.2) is 13.5 Å². The summed E-state index contributed by atoms with van der Waals surface area (Å²) in [7, 11) is -3.82. The molecule has 0 aromatic carbocycles. The highest BCUT2D eigenvalue weighted by Gasteiger charge is 2.18. The molecule has 0 bridgehead atoms. The SMILES string of the molecule is CCCn1cc(S(=O)(=O)Nc2ccc(=O)[nH]n2)cc1CO. The van der Waals surface area contributed by atoms with E-state index in [1.165, 1.54) is 24.4 Å². The molecule has 2 aromatic rings. The molecule has 0 spiro atoms. The smallest absolute Gasteiger partial charge is 0.264 e. The maximum Gasteiger partial charge on any atom is 0.264 e. The molecule has 0 unspecified atom stereocenters. The van der Waals surface area contributed by atoms with Crippen LogP contribution in [0, 0.1) is 0 Å². The average Bonchev–Trinajstić information content (AvgIpc) is 2.86. The van der Waals surface area contributed by atoms with E-state index in [-0.39, 0.29) is 17.3 Å². The number of nitrogens with one attached hydrogen (secondary N) is 2. The van der Waals surface area contributed by atoms with Crippen LogP contribution in [0.2, 0.25) is 0 Å². The lowest BCUT2D eigenvalue weighted by Gasteiger charge is -2.05. The second-order valence-corrected chi connectivity index (χ2v) is 6.11. The summed E-state index contributed by atoms with van der Waals surface area (Å²) in [5.41, 5.74) is 0.0984. The van der Waals surface area contributed by atoms with Gasteiger partial charge in [-0.05, 0) is 18.6 Å². The fraction of sp³-hybridized carbons (Fsp3) is 0.333. The number of nitrogens with zero attached hydrogens (tertiary/aromatic N) is 2. The van der Waals surface area contributed by atoms with Gasteiger partial charge in [0.15, 0.2) is 5.82 Å². The Morgan fingerprint density at radius 2 is 2.19 bits per heavy atom.